The van der Waals surface area contributed by atoms with Crippen molar-refractivity contribution in [2.75, 3.05) is 0 Å². The molecule has 352 valence electrons. The second-order valence-corrected chi connectivity index (χ2v) is 20.5. The lowest BCUT2D eigenvalue weighted by molar-refractivity contribution is 1.22. The summed E-state index contributed by atoms with van der Waals surface area (Å²) in [6.07, 6.45) is 3.76. The van der Waals surface area contributed by atoms with E-state index >= 15 is 0 Å². The van der Waals surface area contributed by atoms with Crippen molar-refractivity contribution in [2.24, 2.45) is 0 Å². The van der Waals surface area contributed by atoms with Crippen molar-refractivity contribution in [3.63, 3.8) is 0 Å². The molecule has 0 amide bonds. The number of nitrogens with zero attached hydrogens (tertiary/aromatic N) is 4. The minimum absolute atomic E-state index is 0.670. The predicted molar refractivity (Wildman–Crippen MR) is 316 cm³/mol. The Morgan fingerprint density at radius 2 is 0.711 bits per heavy atom. The van der Waals surface area contributed by atoms with Crippen LogP contribution in [0.25, 0.3) is 166 Å². The first-order chi connectivity index (χ1) is 37.5. The monoisotopic (exact) mass is 964 g/mol. The zero-order valence-corrected chi connectivity index (χ0v) is 41.7. The average Bonchev–Trinajstić information content (AvgIpc) is 4.00. The van der Waals surface area contributed by atoms with E-state index in [2.05, 4.69) is 220 Å². The first kappa shape index (κ1) is 42.6. The van der Waals surface area contributed by atoms with Crippen molar-refractivity contribution in [1.29, 1.82) is 0 Å². The first-order valence-electron chi connectivity index (χ1n) is 26.1. The largest absolute Gasteiger partial charge is 0.256 e. The van der Waals surface area contributed by atoms with Gasteiger partial charge in [-0.05, 0) is 155 Å². The van der Waals surface area contributed by atoms with Gasteiger partial charge in [-0.3, -0.25) is 9.97 Å². The number of hydrogen-bond acceptors (Lipinski definition) is 4. The molecular formula is C72H44N4. The van der Waals surface area contributed by atoms with Crippen LogP contribution >= 0.6 is 0 Å². The van der Waals surface area contributed by atoms with Crippen LogP contribution in [0, 0.1) is 13.8 Å². The molecule has 0 N–H and O–H groups in total. The number of para-hydroxylation sites is 2. The second kappa shape index (κ2) is 16.3. The Hall–Kier alpha value is -9.90. The smallest absolute Gasteiger partial charge is 0.160 e. The maximum Gasteiger partial charge on any atom is 0.160 e. The van der Waals surface area contributed by atoms with E-state index in [0.717, 1.165) is 99.6 Å². The minimum Gasteiger partial charge on any atom is -0.256 e. The number of aryl methyl sites for hydroxylation is 2. The summed E-state index contributed by atoms with van der Waals surface area (Å²) in [4.78, 5) is 21.2. The van der Waals surface area contributed by atoms with E-state index in [1.54, 1.807) is 0 Å². The lowest BCUT2D eigenvalue weighted by Crippen LogP contribution is -1.99. The van der Waals surface area contributed by atoms with Gasteiger partial charge in [-0.25, -0.2) is 9.97 Å². The van der Waals surface area contributed by atoms with Crippen LogP contribution in [0.3, 0.4) is 0 Å². The zero-order chi connectivity index (χ0) is 50.2. The van der Waals surface area contributed by atoms with Crippen molar-refractivity contribution in [2.45, 2.75) is 13.8 Å². The SMILES string of the molecule is Cc1cc(-c2nc(-c3ccc(-c4cccc5cccnc45)c(C)c3)c3cc(-c4ccc5c6c(cccc46)-c4ccccc4-5)cc(-c4ccc5c6c(cccc46)-c4ccccc4-5)c3n2)ccc1-c1cccc2cccnc12. The summed E-state index contributed by atoms with van der Waals surface area (Å²) >= 11 is 0. The molecule has 0 atom stereocenters. The van der Waals surface area contributed by atoms with Crippen LogP contribution in [-0.4, -0.2) is 19.9 Å². The average molecular weight is 965 g/mol. The zero-order valence-electron chi connectivity index (χ0n) is 41.7. The maximum absolute atomic E-state index is 5.76. The van der Waals surface area contributed by atoms with E-state index in [0.29, 0.717) is 5.82 Å². The molecule has 4 heteroatoms. The molecule has 2 aliphatic carbocycles. The van der Waals surface area contributed by atoms with E-state index in [-0.39, 0.29) is 0 Å². The molecule has 0 radical (unpaired) electrons. The van der Waals surface area contributed by atoms with Gasteiger partial charge in [0, 0.05) is 56.4 Å². The van der Waals surface area contributed by atoms with Gasteiger partial charge in [-0.15, -0.1) is 0 Å². The fraction of sp³-hybridized carbons (Fsp3) is 0.0278. The number of aromatic nitrogens is 4. The van der Waals surface area contributed by atoms with Crippen LogP contribution in [0.1, 0.15) is 11.1 Å². The van der Waals surface area contributed by atoms with Crippen LogP contribution in [0.2, 0.25) is 0 Å². The number of hydrogen-bond donors (Lipinski definition) is 0. The summed E-state index contributed by atoms with van der Waals surface area (Å²) in [7, 11) is 0. The Bertz CT molecular complexity index is 4780. The van der Waals surface area contributed by atoms with Gasteiger partial charge in [0.1, 0.15) is 0 Å². The molecule has 3 heterocycles. The van der Waals surface area contributed by atoms with Crippen molar-refractivity contribution in [1.82, 2.24) is 19.9 Å². The standard InChI is InChI=1S/C72H44N4/c1-41-37-45(27-29-48(41)62-25-7-13-43-15-11-35-73-68(43)62)70-65-40-47(50-31-33-60-53-19-5-3-17-51(53)57-22-9-21-56(50)66(57)60)39-64(55-32-34-61-54-20-6-4-18-52(54)58-23-10-24-59(55)67(58)61)71(65)76-72(75-70)46-28-30-49(42(2)38-46)63-26-8-14-44-16-12-36-74-69(44)63/h3-40H,1-2H3. The summed E-state index contributed by atoms with van der Waals surface area (Å²) in [5, 5.41) is 8.23. The van der Waals surface area contributed by atoms with Crippen LogP contribution < -0.4 is 0 Å². The third-order valence-electron chi connectivity index (χ3n) is 16.3. The lowest BCUT2D eigenvalue weighted by atomic mass is 9.87. The van der Waals surface area contributed by atoms with Gasteiger partial charge in [0.05, 0.1) is 22.2 Å². The second-order valence-electron chi connectivity index (χ2n) is 20.5. The van der Waals surface area contributed by atoms with E-state index in [1.807, 2.05) is 24.5 Å². The summed E-state index contributed by atoms with van der Waals surface area (Å²) in [5.41, 5.74) is 27.2. The topological polar surface area (TPSA) is 51.6 Å². The summed E-state index contributed by atoms with van der Waals surface area (Å²) in [5.74, 6) is 0.670. The van der Waals surface area contributed by atoms with Gasteiger partial charge in [0.25, 0.3) is 0 Å². The van der Waals surface area contributed by atoms with Gasteiger partial charge < -0.3 is 0 Å². The number of rotatable bonds is 6. The molecule has 76 heavy (non-hydrogen) atoms. The molecule has 14 aromatic rings. The Kier molecular flexibility index (Phi) is 9.13. The Morgan fingerprint density at radius 1 is 0.263 bits per heavy atom. The van der Waals surface area contributed by atoms with Gasteiger partial charge in [0.15, 0.2) is 5.82 Å². The predicted octanol–water partition coefficient (Wildman–Crippen LogP) is 18.9. The molecule has 0 bridgehead atoms. The highest BCUT2D eigenvalue weighted by atomic mass is 14.9. The van der Waals surface area contributed by atoms with E-state index in [9.17, 15) is 0 Å². The number of pyridine rings is 2. The molecule has 0 aliphatic heterocycles. The Labute approximate surface area is 439 Å². The molecule has 0 spiro atoms. The first-order valence-corrected chi connectivity index (χ1v) is 26.1. The van der Waals surface area contributed by atoms with Crippen molar-refractivity contribution in [3.8, 4) is 112 Å². The third kappa shape index (κ3) is 6.25. The fourth-order valence-corrected chi connectivity index (χ4v) is 12.9. The maximum atomic E-state index is 5.76. The normalized spacial score (nSPS) is 12.1. The van der Waals surface area contributed by atoms with Crippen molar-refractivity contribution >= 4 is 54.3 Å². The highest BCUT2D eigenvalue weighted by Crippen LogP contribution is 2.53. The molecule has 0 saturated carbocycles. The van der Waals surface area contributed by atoms with Crippen LogP contribution in [0.4, 0.5) is 0 Å². The van der Waals surface area contributed by atoms with Gasteiger partial charge >= 0.3 is 0 Å². The summed E-state index contributed by atoms with van der Waals surface area (Å²) in [6, 6.07) is 79.9. The molecule has 0 unspecified atom stereocenters. The van der Waals surface area contributed by atoms with Gasteiger partial charge in [0.2, 0.25) is 0 Å². The van der Waals surface area contributed by atoms with Crippen molar-refractivity contribution < 1.29 is 0 Å². The molecule has 2 aliphatic rings. The summed E-state index contributed by atoms with van der Waals surface area (Å²) < 4.78 is 0. The third-order valence-corrected chi connectivity index (χ3v) is 16.3. The fourth-order valence-electron chi connectivity index (χ4n) is 12.9. The molecule has 0 saturated heterocycles. The Morgan fingerprint density at radius 3 is 1.29 bits per heavy atom. The van der Waals surface area contributed by atoms with Gasteiger partial charge in [-0.1, -0.05) is 182 Å². The van der Waals surface area contributed by atoms with Gasteiger partial charge in [-0.2, -0.15) is 0 Å². The Balaban J connectivity index is 0.984. The van der Waals surface area contributed by atoms with Crippen LogP contribution in [-0.2, 0) is 0 Å². The highest BCUT2D eigenvalue weighted by molar-refractivity contribution is 6.22. The number of benzene rings is 11. The van der Waals surface area contributed by atoms with E-state index in [4.69, 9.17) is 19.9 Å². The molecule has 16 rings (SSSR count). The minimum atomic E-state index is 0.670. The van der Waals surface area contributed by atoms with Crippen LogP contribution in [0.15, 0.2) is 231 Å². The molecule has 3 aromatic heterocycles. The van der Waals surface area contributed by atoms with E-state index in [1.165, 1.54) is 71.6 Å². The van der Waals surface area contributed by atoms with Crippen LogP contribution in [0.5, 0.6) is 0 Å². The quantitative estimate of drug-likeness (QED) is 0.167. The van der Waals surface area contributed by atoms with Crippen molar-refractivity contribution in [3.05, 3.63) is 242 Å². The number of fused-ring (bicyclic) bond motifs is 9. The highest BCUT2D eigenvalue weighted by Gasteiger charge is 2.27. The lowest BCUT2D eigenvalue weighted by Gasteiger charge is -2.19. The van der Waals surface area contributed by atoms with E-state index < -0.39 is 0 Å². The molecule has 4 nitrogen and oxygen atoms in total. The molecular weight excluding hydrogens is 921 g/mol. The molecule has 0 fully saturated rings. The summed E-state index contributed by atoms with van der Waals surface area (Å²) in [6.45, 7) is 4.40. The molecule has 11 aromatic carbocycles.